The normalized spacial score (nSPS) is 11.2. The summed E-state index contributed by atoms with van der Waals surface area (Å²) in [5.41, 5.74) is 13.4. The SMILES string of the molecule is Cc1cc(-c2cc(C)c(O)c(C)c2)cc(C)c1O.Cc1cc(C(C)(C)c2cc(C)c(O)c(C)c2)cc(C)c1O.Cc1cc(S(=O)(=O)c2cc(C)c(O)c(C)c2)cc(C)c1O.O=S(=O)(c1ccc(O)cc1)c1ccc(O)cc1.Oc1ccc(Sc2ccc(O)cc2)cc1. The predicted octanol–water partition coefficient (Wildman–Crippen LogP) is 17.0. The first kappa shape index (κ1) is 71.5. The number of hydrogen-bond donors (Lipinski definition) is 10. The van der Waals surface area contributed by atoms with Crippen LogP contribution in [-0.4, -0.2) is 67.9 Å². The van der Waals surface area contributed by atoms with E-state index in [-0.39, 0.29) is 59.5 Å². The zero-order valence-corrected chi connectivity index (χ0v) is 56.4. The summed E-state index contributed by atoms with van der Waals surface area (Å²) < 4.78 is 49.6. The number of phenolic OH excluding ortho intramolecular Hbond substituents is 10. The molecule has 0 fully saturated rings. The van der Waals surface area contributed by atoms with Gasteiger partial charge in [0.25, 0.3) is 0 Å². The highest BCUT2D eigenvalue weighted by Gasteiger charge is 2.26. The van der Waals surface area contributed by atoms with E-state index < -0.39 is 19.7 Å². The summed E-state index contributed by atoms with van der Waals surface area (Å²) in [5, 5.41) is 95.5. The number of phenols is 10. The first-order chi connectivity index (χ1) is 42.9. The molecule has 0 atom stereocenters. The summed E-state index contributed by atoms with van der Waals surface area (Å²) in [6.07, 6.45) is 0. The quantitative estimate of drug-likeness (QED) is 0.0644. The second kappa shape index (κ2) is 29.6. The molecule has 0 amide bonds. The maximum Gasteiger partial charge on any atom is 0.206 e. The molecule has 0 aliphatic carbocycles. The maximum atomic E-state index is 12.7. The summed E-state index contributed by atoms with van der Waals surface area (Å²) in [4.78, 5) is 2.58. The van der Waals surface area contributed by atoms with Gasteiger partial charge in [-0.25, -0.2) is 16.8 Å². The van der Waals surface area contributed by atoms with Gasteiger partial charge in [-0.2, -0.15) is 0 Å². The number of aromatic hydroxyl groups is 10. The second-order valence-corrected chi connectivity index (χ2v) is 28.4. The van der Waals surface area contributed by atoms with Crippen LogP contribution in [0.1, 0.15) is 91.7 Å². The summed E-state index contributed by atoms with van der Waals surface area (Å²) in [7, 11) is -7.28. The van der Waals surface area contributed by atoms with E-state index in [2.05, 4.69) is 13.8 Å². The Bertz CT molecular complexity index is 4110. The lowest BCUT2D eigenvalue weighted by Gasteiger charge is -2.28. The van der Waals surface area contributed by atoms with E-state index in [4.69, 9.17) is 20.4 Å². The third-order valence-electron chi connectivity index (χ3n) is 15.5. The van der Waals surface area contributed by atoms with Crippen LogP contribution >= 0.6 is 11.8 Å². The van der Waals surface area contributed by atoms with Gasteiger partial charge in [0.2, 0.25) is 19.7 Å². The van der Waals surface area contributed by atoms with E-state index >= 15 is 0 Å². The van der Waals surface area contributed by atoms with Gasteiger partial charge < -0.3 is 51.1 Å². The minimum absolute atomic E-state index is 0.00894. The molecule has 10 rings (SSSR count). The van der Waals surface area contributed by atoms with Crippen LogP contribution in [0, 0.1) is 83.1 Å². The Morgan fingerprint density at radius 1 is 0.261 bits per heavy atom. The molecule has 14 nitrogen and oxygen atoms in total. The van der Waals surface area contributed by atoms with Crippen molar-refractivity contribution in [2.24, 2.45) is 0 Å². The van der Waals surface area contributed by atoms with Crippen LogP contribution in [-0.2, 0) is 25.1 Å². The number of hydrogen-bond acceptors (Lipinski definition) is 15. The minimum atomic E-state index is -3.68. The largest absolute Gasteiger partial charge is 0.508 e. The molecule has 0 aliphatic rings. The molecular formula is C75H80O14S3. The van der Waals surface area contributed by atoms with Crippen molar-refractivity contribution in [3.8, 4) is 68.6 Å². The zero-order chi connectivity index (χ0) is 68.5. The highest BCUT2D eigenvalue weighted by Crippen LogP contribution is 2.39. The number of aryl methyl sites for hydroxylation is 12. The van der Waals surface area contributed by atoms with Crippen molar-refractivity contribution in [3.05, 3.63) is 248 Å². The van der Waals surface area contributed by atoms with Crippen molar-refractivity contribution in [3.63, 3.8) is 0 Å². The third kappa shape index (κ3) is 17.5. The van der Waals surface area contributed by atoms with Crippen LogP contribution in [0.15, 0.2) is 199 Å². The number of benzene rings is 10. The van der Waals surface area contributed by atoms with E-state index in [1.807, 2.05) is 128 Å². The van der Waals surface area contributed by atoms with Gasteiger partial charge in [-0.15, -0.1) is 0 Å². The van der Waals surface area contributed by atoms with Gasteiger partial charge in [-0.3, -0.25) is 0 Å². The highest BCUT2D eigenvalue weighted by atomic mass is 32.2. The van der Waals surface area contributed by atoms with E-state index in [0.29, 0.717) is 45.3 Å². The highest BCUT2D eigenvalue weighted by molar-refractivity contribution is 7.99. The maximum absolute atomic E-state index is 12.7. The van der Waals surface area contributed by atoms with Crippen molar-refractivity contribution >= 4 is 31.4 Å². The van der Waals surface area contributed by atoms with E-state index in [0.717, 1.165) is 65.4 Å². The zero-order valence-electron chi connectivity index (χ0n) is 54.0. The Morgan fingerprint density at radius 2 is 0.446 bits per heavy atom. The third-order valence-corrected chi connectivity index (χ3v) is 20.0. The van der Waals surface area contributed by atoms with Crippen molar-refractivity contribution in [2.75, 3.05) is 0 Å². The molecule has 0 saturated heterocycles. The van der Waals surface area contributed by atoms with Crippen LogP contribution < -0.4 is 0 Å². The van der Waals surface area contributed by atoms with E-state index in [1.54, 1.807) is 63.7 Å². The Kier molecular flexibility index (Phi) is 23.0. The minimum Gasteiger partial charge on any atom is -0.508 e. The molecule has 0 unspecified atom stereocenters. The molecule has 17 heteroatoms. The Labute approximate surface area is 544 Å². The summed E-state index contributed by atoms with van der Waals surface area (Å²) in [5.74, 6) is 2.20. The van der Waals surface area contributed by atoms with E-state index in [9.17, 15) is 47.5 Å². The van der Waals surface area contributed by atoms with Gasteiger partial charge in [-0.05, 0) is 318 Å². The lowest BCUT2D eigenvalue weighted by Crippen LogP contribution is -2.19. The van der Waals surface area contributed by atoms with Crippen molar-refractivity contribution in [2.45, 2.75) is 132 Å². The standard InChI is InChI=1S/C19H24O2.C16H18O4S.C16H18O2.C12H10O4S.C12H10O2S/c1-11-7-15(8-12(2)17(11)20)19(5,6)16-9-13(3)18(21)14(4)10-16;1-9-5-13(6-10(2)15(9)17)21(19,20)14-7-11(3)16(18)12(4)8-14;1-9-5-13(6-10(2)15(9)17)14-7-11(3)16(18)12(4)8-14;13-9-1-5-11(6-2-9)17(15,16)12-7-3-10(14)4-8-12;13-9-1-5-11(6-2-9)15-12-7-3-10(14)4-8-12/h7-10,20-21H,1-6H3;5-8,17-18H,1-4H3;5-8,17-18H,1-4H3;1-8,13-14H;1-8,13-14H. The lowest BCUT2D eigenvalue weighted by molar-refractivity contribution is 0.464. The van der Waals surface area contributed by atoms with Crippen molar-refractivity contribution in [1.29, 1.82) is 0 Å². The topological polar surface area (TPSA) is 271 Å². The fourth-order valence-electron chi connectivity index (χ4n) is 9.88. The molecule has 92 heavy (non-hydrogen) atoms. The molecule has 10 N–H and O–H groups in total. The number of sulfone groups is 2. The monoisotopic (exact) mass is 1300 g/mol. The van der Waals surface area contributed by atoms with Gasteiger partial charge in [0.1, 0.15) is 57.5 Å². The van der Waals surface area contributed by atoms with Crippen LogP contribution in [0.2, 0.25) is 0 Å². The average Bonchev–Trinajstić information content (AvgIpc) is 0.817. The van der Waals surface area contributed by atoms with Crippen molar-refractivity contribution in [1.82, 2.24) is 0 Å². The molecule has 10 aromatic rings. The van der Waals surface area contributed by atoms with E-state index in [1.165, 1.54) is 83.9 Å². The molecule has 0 aromatic heterocycles. The first-order valence-electron chi connectivity index (χ1n) is 29.1. The average molecular weight is 1300 g/mol. The molecule has 0 saturated carbocycles. The smallest absolute Gasteiger partial charge is 0.206 e. The number of rotatable bonds is 9. The Morgan fingerprint density at radius 3 is 0.674 bits per heavy atom. The van der Waals surface area contributed by atoms with Gasteiger partial charge in [0.15, 0.2) is 0 Å². The first-order valence-corrected chi connectivity index (χ1v) is 32.9. The molecule has 0 heterocycles. The molecule has 0 aliphatic heterocycles. The van der Waals surface area contributed by atoms with Crippen LogP contribution in [0.3, 0.4) is 0 Å². The molecule has 10 aromatic carbocycles. The molecule has 0 spiro atoms. The Balaban J connectivity index is 0.000000184. The lowest BCUT2D eigenvalue weighted by atomic mass is 9.76. The molecule has 0 bridgehead atoms. The van der Waals surface area contributed by atoms with Gasteiger partial charge in [0.05, 0.1) is 19.6 Å². The molecule has 0 radical (unpaired) electrons. The predicted molar refractivity (Wildman–Crippen MR) is 364 cm³/mol. The molecule has 482 valence electrons. The summed E-state index contributed by atoms with van der Waals surface area (Å²) in [6.45, 7) is 26.3. The Hall–Kier alpha value is -9.55. The summed E-state index contributed by atoms with van der Waals surface area (Å²) >= 11 is 1.58. The van der Waals surface area contributed by atoms with Crippen molar-refractivity contribution < 1.29 is 67.9 Å². The second-order valence-electron chi connectivity index (χ2n) is 23.4. The fourth-order valence-corrected chi connectivity index (χ4v) is 13.6. The van der Waals surface area contributed by atoms with Crippen LogP contribution in [0.5, 0.6) is 57.5 Å². The van der Waals surface area contributed by atoms with Gasteiger partial charge in [-0.1, -0.05) is 49.9 Å². The van der Waals surface area contributed by atoms with Crippen LogP contribution in [0.4, 0.5) is 0 Å². The molecular weight excluding hydrogens is 1220 g/mol. The van der Waals surface area contributed by atoms with Gasteiger partial charge >= 0.3 is 0 Å². The fraction of sp³-hybridized carbons (Fsp3) is 0.200. The van der Waals surface area contributed by atoms with Gasteiger partial charge in [0, 0.05) is 15.2 Å². The van der Waals surface area contributed by atoms with Crippen LogP contribution in [0.25, 0.3) is 11.1 Å². The summed E-state index contributed by atoms with van der Waals surface area (Å²) in [6, 6.07) is 46.5.